The van der Waals surface area contributed by atoms with Crippen molar-refractivity contribution in [3.05, 3.63) is 24.0 Å². The van der Waals surface area contributed by atoms with Crippen LogP contribution in [-0.4, -0.2) is 42.6 Å². The van der Waals surface area contributed by atoms with E-state index in [9.17, 15) is 10.2 Å². The van der Waals surface area contributed by atoms with Crippen molar-refractivity contribution in [2.45, 2.75) is 39.7 Å². The van der Waals surface area contributed by atoms with Gasteiger partial charge in [-0.15, -0.1) is 0 Å². The molecule has 0 aromatic rings. The molecule has 0 aromatic heterocycles. The molecule has 0 aromatic carbocycles. The second-order valence-electron chi connectivity index (χ2n) is 4.59. The van der Waals surface area contributed by atoms with E-state index in [0.29, 0.717) is 12.3 Å². The number of rotatable bonds is 11. The Bertz CT molecular complexity index is 260. The third-order valence-electron chi connectivity index (χ3n) is 2.74. The molecule has 0 spiro atoms. The van der Waals surface area contributed by atoms with E-state index in [4.69, 9.17) is 4.74 Å². The fourth-order valence-corrected chi connectivity index (χ4v) is 1.54. The molecule has 2 unspecified atom stereocenters. The van der Waals surface area contributed by atoms with Crippen LogP contribution in [-0.2, 0) is 4.74 Å². The van der Waals surface area contributed by atoms with Gasteiger partial charge >= 0.3 is 0 Å². The van der Waals surface area contributed by atoms with Crippen molar-refractivity contribution in [1.29, 1.82) is 0 Å². The lowest BCUT2D eigenvalue weighted by atomic mass is 10.1. The van der Waals surface area contributed by atoms with E-state index in [0.717, 1.165) is 19.4 Å². The molecule has 0 fully saturated rings. The van der Waals surface area contributed by atoms with E-state index in [-0.39, 0.29) is 19.1 Å². The van der Waals surface area contributed by atoms with Crippen LogP contribution in [0.1, 0.15) is 33.6 Å². The maximum absolute atomic E-state index is 9.75. The Morgan fingerprint density at radius 1 is 1.37 bits per heavy atom. The van der Waals surface area contributed by atoms with Gasteiger partial charge in [0.1, 0.15) is 18.5 Å². The number of ether oxygens (including phenoxy) is 1. The first-order chi connectivity index (χ1) is 9.17. The molecule has 0 radical (unpaired) electrons. The largest absolute Gasteiger partial charge is 0.491 e. The van der Waals surface area contributed by atoms with Crippen LogP contribution in [0.2, 0.25) is 0 Å². The molecule has 0 amide bonds. The van der Waals surface area contributed by atoms with Crippen molar-refractivity contribution >= 4 is 0 Å². The van der Waals surface area contributed by atoms with Gasteiger partial charge in [-0.3, -0.25) is 0 Å². The Balaban J connectivity index is 4.20. The maximum atomic E-state index is 9.75. The number of hydrogen-bond acceptors (Lipinski definition) is 4. The zero-order valence-electron chi connectivity index (χ0n) is 12.4. The first-order valence-corrected chi connectivity index (χ1v) is 7.14. The topological polar surface area (TPSA) is 61.7 Å². The number of aliphatic hydroxyl groups is 2. The lowest BCUT2D eigenvalue weighted by Crippen LogP contribution is -2.30. The minimum atomic E-state index is -0.519. The molecule has 0 heterocycles. The average Bonchev–Trinajstić information content (AvgIpc) is 2.42. The standard InChI is InChI=1S/C15H29NO3/c1-4-7-15(9-13(6-3)11-17)19-12-14(18)10-16-8-5-2/h4,7,9,13-14,16-18H,5-6,8,10-12H2,1-3H3/b7-4-,15-9+. The molecule has 0 bridgehead atoms. The molecule has 0 aliphatic carbocycles. The van der Waals surface area contributed by atoms with Gasteiger partial charge in [0.2, 0.25) is 0 Å². The van der Waals surface area contributed by atoms with Gasteiger partial charge in [-0.05, 0) is 38.5 Å². The summed E-state index contributed by atoms with van der Waals surface area (Å²) < 4.78 is 5.58. The molecule has 0 saturated heterocycles. The first-order valence-electron chi connectivity index (χ1n) is 7.14. The second kappa shape index (κ2) is 12.2. The minimum Gasteiger partial charge on any atom is -0.491 e. The summed E-state index contributed by atoms with van der Waals surface area (Å²) in [5.41, 5.74) is 0. The Morgan fingerprint density at radius 3 is 2.63 bits per heavy atom. The van der Waals surface area contributed by atoms with Crippen molar-refractivity contribution in [1.82, 2.24) is 5.32 Å². The molecular formula is C15H29NO3. The van der Waals surface area contributed by atoms with Crippen LogP contribution in [0.15, 0.2) is 24.0 Å². The highest BCUT2D eigenvalue weighted by molar-refractivity contribution is 5.12. The van der Waals surface area contributed by atoms with Crippen molar-refractivity contribution in [3.8, 4) is 0 Å². The van der Waals surface area contributed by atoms with Gasteiger partial charge in [0, 0.05) is 19.1 Å². The normalized spacial score (nSPS) is 15.7. The van der Waals surface area contributed by atoms with Crippen molar-refractivity contribution in [3.63, 3.8) is 0 Å². The third-order valence-corrected chi connectivity index (χ3v) is 2.74. The van der Waals surface area contributed by atoms with Crippen LogP contribution in [0.3, 0.4) is 0 Å². The van der Waals surface area contributed by atoms with Crippen LogP contribution >= 0.6 is 0 Å². The lowest BCUT2D eigenvalue weighted by Gasteiger charge is -2.15. The van der Waals surface area contributed by atoms with E-state index in [1.807, 2.05) is 32.1 Å². The zero-order chi connectivity index (χ0) is 14.5. The summed E-state index contributed by atoms with van der Waals surface area (Å²) >= 11 is 0. The fourth-order valence-electron chi connectivity index (χ4n) is 1.54. The molecule has 19 heavy (non-hydrogen) atoms. The van der Waals surface area contributed by atoms with Crippen molar-refractivity contribution in [2.24, 2.45) is 5.92 Å². The van der Waals surface area contributed by atoms with Gasteiger partial charge in [-0.25, -0.2) is 0 Å². The lowest BCUT2D eigenvalue weighted by molar-refractivity contribution is 0.0743. The van der Waals surface area contributed by atoms with Crippen molar-refractivity contribution in [2.75, 3.05) is 26.3 Å². The molecule has 0 aliphatic heterocycles. The SMILES string of the molecule is C/C=C\C(=C/C(CC)CO)OCC(O)CNCCC. The summed E-state index contributed by atoms with van der Waals surface area (Å²) in [6, 6.07) is 0. The van der Waals surface area contributed by atoms with Gasteiger partial charge in [0.25, 0.3) is 0 Å². The van der Waals surface area contributed by atoms with Gasteiger partial charge in [-0.2, -0.15) is 0 Å². The Hall–Kier alpha value is -0.840. The van der Waals surface area contributed by atoms with Gasteiger partial charge < -0.3 is 20.3 Å². The predicted octanol–water partition coefficient (Wildman–Crippen LogP) is 1.84. The Kier molecular flexibility index (Phi) is 11.7. The average molecular weight is 271 g/mol. The Morgan fingerprint density at radius 2 is 2.11 bits per heavy atom. The molecule has 0 rings (SSSR count). The highest BCUT2D eigenvalue weighted by atomic mass is 16.5. The summed E-state index contributed by atoms with van der Waals surface area (Å²) in [5, 5.41) is 22.1. The molecule has 0 saturated carbocycles. The fraction of sp³-hybridized carbons (Fsp3) is 0.733. The smallest absolute Gasteiger partial charge is 0.115 e. The van der Waals surface area contributed by atoms with Crippen LogP contribution in [0.5, 0.6) is 0 Å². The molecule has 4 nitrogen and oxygen atoms in total. The second-order valence-corrected chi connectivity index (χ2v) is 4.59. The summed E-state index contributed by atoms with van der Waals surface area (Å²) in [6.45, 7) is 7.83. The zero-order valence-corrected chi connectivity index (χ0v) is 12.4. The molecule has 4 heteroatoms. The van der Waals surface area contributed by atoms with Gasteiger partial charge in [-0.1, -0.05) is 19.9 Å². The summed E-state index contributed by atoms with van der Waals surface area (Å²) in [4.78, 5) is 0. The van der Waals surface area contributed by atoms with E-state index in [1.54, 1.807) is 0 Å². The molecule has 112 valence electrons. The van der Waals surface area contributed by atoms with Crippen LogP contribution in [0.4, 0.5) is 0 Å². The summed E-state index contributed by atoms with van der Waals surface area (Å²) in [7, 11) is 0. The summed E-state index contributed by atoms with van der Waals surface area (Å²) in [6.07, 6.45) is 7.04. The highest BCUT2D eigenvalue weighted by Crippen LogP contribution is 2.10. The minimum absolute atomic E-state index is 0.0987. The number of nitrogens with one attached hydrogen (secondary N) is 1. The maximum Gasteiger partial charge on any atom is 0.115 e. The highest BCUT2D eigenvalue weighted by Gasteiger charge is 2.07. The number of aliphatic hydroxyl groups excluding tert-OH is 2. The quantitative estimate of drug-likeness (QED) is 0.305. The number of hydrogen-bond donors (Lipinski definition) is 3. The molecular weight excluding hydrogens is 242 g/mol. The van der Waals surface area contributed by atoms with Crippen LogP contribution in [0.25, 0.3) is 0 Å². The molecule has 0 aliphatic rings. The van der Waals surface area contributed by atoms with E-state index >= 15 is 0 Å². The van der Waals surface area contributed by atoms with E-state index < -0.39 is 6.10 Å². The van der Waals surface area contributed by atoms with Gasteiger partial charge in [0.05, 0.1) is 0 Å². The predicted molar refractivity (Wildman–Crippen MR) is 78.9 cm³/mol. The first kappa shape index (κ1) is 18.2. The number of allylic oxidation sites excluding steroid dienone is 2. The van der Waals surface area contributed by atoms with Gasteiger partial charge in [0.15, 0.2) is 0 Å². The van der Waals surface area contributed by atoms with E-state index in [1.165, 1.54) is 0 Å². The van der Waals surface area contributed by atoms with Crippen LogP contribution in [0, 0.1) is 5.92 Å². The van der Waals surface area contributed by atoms with E-state index in [2.05, 4.69) is 12.2 Å². The molecule has 2 atom stereocenters. The van der Waals surface area contributed by atoms with Crippen molar-refractivity contribution < 1.29 is 14.9 Å². The summed E-state index contributed by atoms with van der Waals surface area (Å²) in [5.74, 6) is 0.805. The van der Waals surface area contributed by atoms with Crippen LogP contribution < -0.4 is 5.32 Å². The third kappa shape index (κ3) is 9.70. The Labute approximate surface area is 117 Å². The molecule has 3 N–H and O–H groups in total. The monoisotopic (exact) mass is 271 g/mol.